The van der Waals surface area contributed by atoms with Gasteiger partial charge in [0.1, 0.15) is 0 Å². The van der Waals surface area contributed by atoms with Gasteiger partial charge < -0.3 is 5.73 Å². The number of non-ortho nitro benzene ring substituents is 1. The van der Waals surface area contributed by atoms with E-state index in [4.69, 9.17) is 0 Å². The predicted molar refractivity (Wildman–Crippen MR) is 51.6 cm³/mol. The molecule has 0 bridgehead atoms. The van der Waals surface area contributed by atoms with Crippen LogP contribution >= 0.6 is 0 Å². The molecular formula is C9H4F6N2O3. The molecule has 0 aromatic heterocycles. The zero-order chi connectivity index (χ0) is 15.9. The van der Waals surface area contributed by atoms with Crippen molar-refractivity contribution in [1.82, 2.24) is 0 Å². The highest BCUT2D eigenvalue weighted by atomic mass is 19.4. The van der Waals surface area contributed by atoms with Crippen LogP contribution in [0.4, 0.5) is 32.0 Å². The number of nitro benzene ring substituents is 1. The average Bonchev–Trinajstić information content (AvgIpc) is 2.24. The van der Waals surface area contributed by atoms with Crippen LogP contribution in [0.1, 0.15) is 21.5 Å². The van der Waals surface area contributed by atoms with Gasteiger partial charge in [-0.15, -0.1) is 0 Å². The predicted octanol–water partition coefficient (Wildman–Crippen LogP) is 2.73. The highest BCUT2D eigenvalue weighted by Crippen LogP contribution is 2.41. The third-order valence-electron chi connectivity index (χ3n) is 2.19. The second kappa shape index (κ2) is 4.65. The van der Waals surface area contributed by atoms with Gasteiger partial charge in [-0.2, -0.15) is 26.3 Å². The summed E-state index contributed by atoms with van der Waals surface area (Å²) in [5.41, 5.74) is -2.98. The molecule has 0 radical (unpaired) electrons. The summed E-state index contributed by atoms with van der Waals surface area (Å²) >= 11 is 0. The molecule has 0 fully saturated rings. The number of amides is 1. The minimum atomic E-state index is -5.41. The fourth-order valence-corrected chi connectivity index (χ4v) is 1.44. The molecule has 5 nitrogen and oxygen atoms in total. The van der Waals surface area contributed by atoms with E-state index in [1.165, 1.54) is 0 Å². The smallest absolute Gasteiger partial charge is 0.366 e. The van der Waals surface area contributed by atoms with Crippen molar-refractivity contribution in [1.29, 1.82) is 0 Å². The molecule has 20 heavy (non-hydrogen) atoms. The van der Waals surface area contributed by atoms with Gasteiger partial charge in [0.25, 0.3) is 5.69 Å². The van der Waals surface area contributed by atoms with E-state index in [-0.39, 0.29) is 12.1 Å². The summed E-state index contributed by atoms with van der Waals surface area (Å²) in [4.78, 5) is 19.8. The van der Waals surface area contributed by atoms with Gasteiger partial charge in [-0.3, -0.25) is 14.9 Å². The van der Waals surface area contributed by atoms with Gasteiger partial charge >= 0.3 is 12.4 Å². The third-order valence-corrected chi connectivity index (χ3v) is 2.19. The zero-order valence-corrected chi connectivity index (χ0v) is 9.17. The molecule has 1 aromatic carbocycles. The quantitative estimate of drug-likeness (QED) is 0.517. The second-order valence-corrected chi connectivity index (χ2v) is 3.53. The number of hydrogen-bond donors (Lipinski definition) is 1. The summed E-state index contributed by atoms with van der Waals surface area (Å²) in [5.74, 6) is -1.99. The summed E-state index contributed by atoms with van der Waals surface area (Å²) in [7, 11) is 0. The SMILES string of the molecule is NC(=O)c1c(C(F)(F)F)cc([N+](=O)[O-])cc1C(F)(F)F. The van der Waals surface area contributed by atoms with Crippen molar-refractivity contribution in [2.24, 2.45) is 5.73 Å². The van der Waals surface area contributed by atoms with Gasteiger partial charge in [-0.25, -0.2) is 0 Å². The molecule has 0 saturated carbocycles. The molecule has 0 saturated heterocycles. The van der Waals surface area contributed by atoms with Gasteiger partial charge in [-0.1, -0.05) is 0 Å². The van der Waals surface area contributed by atoms with Crippen molar-refractivity contribution < 1.29 is 36.1 Å². The van der Waals surface area contributed by atoms with Gasteiger partial charge in [-0.05, 0) is 0 Å². The first-order chi connectivity index (χ1) is 8.85. The van der Waals surface area contributed by atoms with Gasteiger partial charge in [0.05, 0.1) is 21.6 Å². The van der Waals surface area contributed by atoms with Gasteiger partial charge in [0, 0.05) is 12.1 Å². The fraction of sp³-hybridized carbons (Fsp3) is 0.222. The zero-order valence-electron chi connectivity index (χ0n) is 9.17. The number of benzene rings is 1. The average molecular weight is 302 g/mol. The van der Waals surface area contributed by atoms with E-state index in [0.717, 1.165) is 0 Å². The molecule has 2 N–H and O–H groups in total. The van der Waals surface area contributed by atoms with Crippen LogP contribution in [0.2, 0.25) is 0 Å². The van der Waals surface area contributed by atoms with Crippen LogP contribution in [0, 0.1) is 10.1 Å². The number of carbonyl (C=O) groups is 1. The number of nitrogens with zero attached hydrogens (tertiary/aromatic N) is 1. The largest absolute Gasteiger partial charge is 0.417 e. The first kappa shape index (κ1) is 15.7. The number of alkyl halides is 6. The minimum Gasteiger partial charge on any atom is -0.366 e. The highest BCUT2D eigenvalue weighted by molar-refractivity contribution is 5.96. The number of nitrogens with two attached hydrogens (primary N) is 1. The number of nitro groups is 1. The minimum absolute atomic E-state index is 0.171. The van der Waals surface area contributed by atoms with Crippen LogP contribution in [0.15, 0.2) is 12.1 Å². The van der Waals surface area contributed by atoms with Crippen LogP contribution < -0.4 is 5.73 Å². The Bertz CT molecular complexity index is 543. The lowest BCUT2D eigenvalue weighted by molar-refractivity contribution is -0.385. The number of hydrogen-bond acceptors (Lipinski definition) is 3. The second-order valence-electron chi connectivity index (χ2n) is 3.53. The standard InChI is InChI=1S/C9H4F6N2O3/c10-8(11,12)4-1-3(17(19)20)2-5(9(13,14)15)6(4)7(16)18/h1-2H,(H2,16,18). The lowest BCUT2D eigenvalue weighted by Gasteiger charge is -2.16. The first-order valence-corrected chi connectivity index (χ1v) is 4.62. The fourth-order valence-electron chi connectivity index (χ4n) is 1.44. The monoisotopic (exact) mass is 302 g/mol. The van der Waals surface area contributed by atoms with Crippen LogP contribution in [-0.2, 0) is 12.4 Å². The Hall–Kier alpha value is -2.33. The van der Waals surface area contributed by atoms with E-state index in [2.05, 4.69) is 5.73 Å². The van der Waals surface area contributed by atoms with Crippen molar-refractivity contribution in [3.63, 3.8) is 0 Å². The normalized spacial score (nSPS) is 12.3. The van der Waals surface area contributed by atoms with Crippen molar-refractivity contribution in [3.05, 3.63) is 38.9 Å². The molecule has 0 aliphatic carbocycles. The third kappa shape index (κ3) is 2.97. The Labute approximate surface area is 106 Å². The number of rotatable bonds is 2. The number of carbonyl (C=O) groups excluding carboxylic acids is 1. The van der Waals surface area contributed by atoms with Gasteiger partial charge in [0.15, 0.2) is 0 Å². The summed E-state index contributed by atoms with van der Waals surface area (Å²) in [6, 6.07) is -0.343. The van der Waals surface area contributed by atoms with E-state index in [1.807, 2.05) is 0 Å². The van der Waals surface area contributed by atoms with Crippen LogP contribution in [0.5, 0.6) is 0 Å². The Morgan fingerprint density at radius 2 is 1.40 bits per heavy atom. The van der Waals surface area contributed by atoms with E-state index < -0.39 is 45.6 Å². The summed E-state index contributed by atoms with van der Waals surface area (Å²) < 4.78 is 75.7. The van der Waals surface area contributed by atoms with E-state index in [9.17, 15) is 41.3 Å². The molecule has 1 rings (SSSR count). The molecule has 11 heteroatoms. The molecule has 0 aliphatic rings. The Balaban J connectivity index is 3.86. The summed E-state index contributed by atoms with van der Waals surface area (Å²) in [6.07, 6.45) is -10.8. The molecule has 0 aliphatic heterocycles. The Kier molecular flexibility index (Phi) is 3.66. The van der Waals surface area contributed by atoms with Crippen molar-refractivity contribution in [2.45, 2.75) is 12.4 Å². The summed E-state index contributed by atoms with van der Waals surface area (Å²) in [6.45, 7) is 0. The highest BCUT2D eigenvalue weighted by Gasteiger charge is 2.44. The molecular weight excluding hydrogens is 298 g/mol. The first-order valence-electron chi connectivity index (χ1n) is 4.62. The maximum absolute atomic E-state index is 12.6. The molecule has 1 amide bonds. The van der Waals surface area contributed by atoms with Crippen molar-refractivity contribution in [3.8, 4) is 0 Å². The lowest BCUT2D eigenvalue weighted by Crippen LogP contribution is -2.24. The molecule has 1 aromatic rings. The lowest BCUT2D eigenvalue weighted by atomic mass is 9.98. The van der Waals surface area contributed by atoms with E-state index in [0.29, 0.717) is 0 Å². The molecule has 0 heterocycles. The topological polar surface area (TPSA) is 86.2 Å². The maximum Gasteiger partial charge on any atom is 0.417 e. The summed E-state index contributed by atoms with van der Waals surface area (Å²) in [5, 5.41) is 10.4. The Morgan fingerprint density at radius 3 is 1.60 bits per heavy atom. The molecule has 0 unspecified atom stereocenters. The van der Waals surface area contributed by atoms with Crippen LogP contribution in [-0.4, -0.2) is 10.8 Å². The molecule has 0 atom stereocenters. The van der Waals surface area contributed by atoms with E-state index in [1.54, 1.807) is 0 Å². The molecule has 110 valence electrons. The number of halogens is 6. The maximum atomic E-state index is 12.6. The van der Waals surface area contributed by atoms with Gasteiger partial charge in [0.2, 0.25) is 5.91 Å². The Morgan fingerprint density at radius 1 is 1.05 bits per heavy atom. The number of primary amides is 1. The molecule has 0 spiro atoms. The van der Waals surface area contributed by atoms with Crippen molar-refractivity contribution >= 4 is 11.6 Å². The van der Waals surface area contributed by atoms with Crippen LogP contribution in [0.25, 0.3) is 0 Å². The van der Waals surface area contributed by atoms with Crippen LogP contribution in [0.3, 0.4) is 0 Å². The van der Waals surface area contributed by atoms with E-state index >= 15 is 0 Å². The van der Waals surface area contributed by atoms with Crippen molar-refractivity contribution in [2.75, 3.05) is 0 Å².